The highest BCUT2D eigenvalue weighted by molar-refractivity contribution is 8.18. The van der Waals surface area contributed by atoms with Gasteiger partial charge in [-0.05, 0) is 53.7 Å². The van der Waals surface area contributed by atoms with Crippen LogP contribution in [0.15, 0.2) is 53.4 Å². The second-order valence-corrected chi connectivity index (χ2v) is 10.2. The number of halogens is 3. The Hall–Kier alpha value is -3.37. The third-order valence-electron chi connectivity index (χ3n) is 5.61. The Morgan fingerprint density at radius 1 is 1.05 bits per heavy atom. The van der Waals surface area contributed by atoms with Gasteiger partial charge in [0.25, 0.3) is 11.1 Å². The first-order valence-electron chi connectivity index (χ1n) is 10.9. The third kappa shape index (κ3) is 5.15. The smallest absolute Gasteiger partial charge is 0.345 e. The van der Waals surface area contributed by atoms with Gasteiger partial charge < -0.3 is 18.9 Å². The van der Waals surface area contributed by atoms with Crippen LogP contribution in [0.3, 0.4) is 0 Å². The van der Waals surface area contributed by atoms with E-state index < -0.39 is 17.1 Å². The fourth-order valence-corrected chi connectivity index (χ4v) is 5.28. The largest absolute Gasteiger partial charge is 0.493 e. The first kappa shape index (κ1) is 26.2. The number of methoxy groups -OCH3 is 1. The molecule has 0 aliphatic carbocycles. The normalized spacial score (nSPS) is 15.4. The molecular weight excluding hydrogens is 577 g/mol. The fraction of sp³-hybridized carbons (Fsp3) is 0.115. The standard InChI is InChI=1S/C26H16Cl3NO7S/c1-34-19-4-2-3-13(23(19)37-25(32)16-6-5-15(27)9-18(16)29)8-22-24(31)30(26(33)38-22)11-14-7-20-21(10-17(14)28)36-12-35-20/h2-10H,11-12H2,1H3/b22-8-. The lowest BCUT2D eigenvalue weighted by atomic mass is 10.1. The average Bonchev–Trinajstić information content (AvgIpc) is 3.43. The summed E-state index contributed by atoms with van der Waals surface area (Å²) in [6.45, 7) is 0.00357. The number of hydrogen-bond donors (Lipinski definition) is 0. The van der Waals surface area contributed by atoms with Gasteiger partial charge in [0.2, 0.25) is 6.79 Å². The molecule has 38 heavy (non-hydrogen) atoms. The lowest BCUT2D eigenvalue weighted by molar-refractivity contribution is -0.123. The van der Waals surface area contributed by atoms with Crippen LogP contribution in [0.25, 0.3) is 6.08 Å². The molecule has 2 aliphatic heterocycles. The number of fused-ring (bicyclic) bond motifs is 1. The maximum atomic E-state index is 13.2. The minimum Gasteiger partial charge on any atom is -0.493 e. The van der Waals surface area contributed by atoms with E-state index in [1.807, 2.05) is 0 Å². The molecule has 2 amide bonds. The van der Waals surface area contributed by atoms with Crippen LogP contribution in [0, 0.1) is 0 Å². The van der Waals surface area contributed by atoms with Crippen molar-refractivity contribution in [2.75, 3.05) is 13.9 Å². The van der Waals surface area contributed by atoms with Crippen molar-refractivity contribution in [1.82, 2.24) is 4.90 Å². The van der Waals surface area contributed by atoms with Crippen LogP contribution in [0.4, 0.5) is 4.79 Å². The molecule has 3 aromatic carbocycles. The monoisotopic (exact) mass is 591 g/mol. The van der Waals surface area contributed by atoms with E-state index in [4.69, 9.17) is 53.8 Å². The molecule has 194 valence electrons. The fourth-order valence-electron chi connectivity index (χ4n) is 3.75. The zero-order chi connectivity index (χ0) is 27.0. The van der Waals surface area contributed by atoms with Gasteiger partial charge in [-0.2, -0.15) is 0 Å². The molecule has 0 radical (unpaired) electrons. The highest BCUT2D eigenvalue weighted by atomic mass is 35.5. The summed E-state index contributed by atoms with van der Waals surface area (Å²) in [5.74, 6) is -0.0190. The average molecular weight is 593 g/mol. The molecular formula is C26H16Cl3NO7S. The second-order valence-electron chi connectivity index (χ2n) is 7.96. The Morgan fingerprint density at radius 3 is 2.55 bits per heavy atom. The highest BCUT2D eigenvalue weighted by Crippen LogP contribution is 2.41. The topological polar surface area (TPSA) is 91.4 Å². The number of amides is 2. The van der Waals surface area contributed by atoms with Crippen molar-refractivity contribution in [3.05, 3.63) is 85.2 Å². The van der Waals surface area contributed by atoms with E-state index in [1.165, 1.54) is 31.4 Å². The molecule has 2 aliphatic rings. The van der Waals surface area contributed by atoms with Crippen LogP contribution >= 0.6 is 46.6 Å². The Kier molecular flexibility index (Phi) is 7.45. The predicted octanol–water partition coefficient (Wildman–Crippen LogP) is 6.84. The lowest BCUT2D eigenvalue weighted by Gasteiger charge is -2.14. The number of para-hydroxylation sites is 1. The third-order valence-corrected chi connectivity index (χ3v) is 7.41. The van der Waals surface area contributed by atoms with Gasteiger partial charge in [-0.3, -0.25) is 14.5 Å². The van der Waals surface area contributed by atoms with Gasteiger partial charge >= 0.3 is 5.97 Å². The number of benzene rings is 3. The van der Waals surface area contributed by atoms with Crippen molar-refractivity contribution < 1.29 is 33.3 Å². The Bertz CT molecular complexity index is 1520. The number of esters is 1. The molecule has 0 unspecified atom stereocenters. The van der Waals surface area contributed by atoms with E-state index in [9.17, 15) is 14.4 Å². The van der Waals surface area contributed by atoms with Crippen LogP contribution in [0.1, 0.15) is 21.5 Å². The van der Waals surface area contributed by atoms with Gasteiger partial charge in [0.15, 0.2) is 23.0 Å². The van der Waals surface area contributed by atoms with Gasteiger partial charge in [0.1, 0.15) is 0 Å². The molecule has 0 aromatic heterocycles. The number of carbonyl (C=O) groups is 3. The summed E-state index contributed by atoms with van der Waals surface area (Å²) in [6, 6.07) is 12.5. The van der Waals surface area contributed by atoms with Crippen LogP contribution in [-0.4, -0.2) is 35.9 Å². The van der Waals surface area contributed by atoms with Crippen molar-refractivity contribution >= 4 is 69.8 Å². The molecule has 0 spiro atoms. The van der Waals surface area contributed by atoms with Gasteiger partial charge in [-0.15, -0.1) is 0 Å². The van der Waals surface area contributed by atoms with Gasteiger partial charge in [-0.1, -0.05) is 46.9 Å². The molecule has 0 saturated carbocycles. The van der Waals surface area contributed by atoms with Gasteiger partial charge in [0.05, 0.1) is 29.1 Å². The Balaban J connectivity index is 1.43. The zero-order valence-corrected chi connectivity index (χ0v) is 22.5. The molecule has 12 heteroatoms. The van der Waals surface area contributed by atoms with Crippen LogP contribution in [0.5, 0.6) is 23.0 Å². The number of nitrogens with zero attached hydrogens (tertiary/aromatic N) is 1. The van der Waals surface area contributed by atoms with Crippen molar-refractivity contribution in [2.45, 2.75) is 6.54 Å². The van der Waals surface area contributed by atoms with Crippen LogP contribution in [-0.2, 0) is 11.3 Å². The quantitative estimate of drug-likeness (QED) is 0.175. The van der Waals surface area contributed by atoms with Gasteiger partial charge in [-0.25, -0.2) is 4.79 Å². The summed E-state index contributed by atoms with van der Waals surface area (Å²) in [5, 5.41) is 0.328. The van der Waals surface area contributed by atoms with Crippen molar-refractivity contribution in [3.8, 4) is 23.0 Å². The molecule has 0 atom stereocenters. The van der Waals surface area contributed by atoms with Crippen molar-refractivity contribution in [1.29, 1.82) is 0 Å². The minimum absolute atomic E-state index is 0.0524. The van der Waals surface area contributed by atoms with E-state index in [2.05, 4.69) is 0 Å². The summed E-state index contributed by atoms with van der Waals surface area (Å²) >= 11 is 19.2. The van der Waals surface area contributed by atoms with E-state index >= 15 is 0 Å². The summed E-state index contributed by atoms with van der Waals surface area (Å²) in [4.78, 5) is 40.1. The Morgan fingerprint density at radius 2 is 1.82 bits per heavy atom. The maximum Gasteiger partial charge on any atom is 0.345 e. The number of carbonyl (C=O) groups excluding carboxylic acids is 3. The maximum absolute atomic E-state index is 13.2. The minimum atomic E-state index is -0.753. The molecule has 1 saturated heterocycles. The van der Waals surface area contributed by atoms with E-state index in [-0.39, 0.29) is 40.3 Å². The summed E-state index contributed by atoms with van der Waals surface area (Å²) in [7, 11) is 1.41. The highest BCUT2D eigenvalue weighted by Gasteiger charge is 2.36. The van der Waals surface area contributed by atoms with Crippen LogP contribution < -0.4 is 18.9 Å². The van der Waals surface area contributed by atoms with Crippen molar-refractivity contribution in [3.63, 3.8) is 0 Å². The number of rotatable bonds is 6. The first-order valence-corrected chi connectivity index (χ1v) is 12.9. The first-order chi connectivity index (χ1) is 18.2. The molecule has 0 bridgehead atoms. The number of thioether (sulfide) groups is 1. The van der Waals surface area contributed by atoms with Gasteiger partial charge in [0, 0.05) is 21.7 Å². The number of hydrogen-bond acceptors (Lipinski definition) is 8. The SMILES string of the molecule is COc1cccc(/C=C2\SC(=O)N(Cc3cc4c(cc3Cl)OCO4)C2=O)c1OC(=O)c1ccc(Cl)cc1Cl. The second kappa shape index (κ2) is 10.8. The van der Waals surface area contributed by atoms with Crippen molar-refractivity contribution in [2.24, 2.45) is 0 Å². The van der Waals surface area contributed by atoms with E-state index in [0.29, 0.717) is 32.7 Å². The molecule has 8 nitrogen and oxygen atoms in total. The summed E-state index contributed by atoms with van der Waals surface area (Å²) in [5.41, 5.74) is 0.957. The number of ether oxygens (including phenoxy) is 4. The van der Waals surface area contributed by atoms with Crippen LogP contribution in [0.2, 0.25) is 15.1 Å². The molecule has 2 heterocycles. The Labute approximate surface area is 235 Å². The predicted molar refractivity (Wildman–Crippen MR) is 144 cm³/mol. The molecule has 3 aromatic rings. The number of imide groups is 1. The molecule has 0 N–H and O–H groups in total. The zero-order valence-electron chi connectivity index (χ0n) is 19.5. The summed E-state index contributed by atoms with van der Waals surface area (Å²) < 4.78 is 21.7. The molecule has 1 fully saturated rings. The lowest BCUT2D eigenvalue weighted by Crippen LogP contribution is -2.27. The summed E-state index contributed by atoms with van der Waals surface area (Å²) in [6.07, 6.45) is 1.46. The molecule has 5 rings (SSSR count). The van der Waals surface area contributed by atoms with E-state index in [0.717, 1.165) is 16.7 Å². The van der Waals surface area contributed by atoms with E-state index in [1.54, 1.807) is 30.3 Å².